The molecule has 1 fully saturated rings. The maximum atomic E-state index is 12.9. The molecular weight excluding hydrogens is 394 g/mol. The molecule has 0 bridgehead atoms. The van der Waals surface area contributed by atoms with Crippen molar-refractivity contribution in [3.8, 4) is 0 Å². The van der Waals surface area contributed by atoms with Gasteiger partial charge in [0, 0.05) is 30.4 Å². The number of allylic oxidation sites excluding steroid dienone is 2. The van der Waals surface area contributed by atoms with Crippen molar-refractivity contribution in [3.63, 3.8) is 0 Å². The molecule has 1 aliphatic carbocycles. The van der Waals surface area contributed by atoms with E-state index in [1.165, 1.54) is 31.2 Å². The normalized spacial score (nSPS) is 19.8. The van der Waals surface area contributed by atoms with E-state index in [0.29, 0.717) is 12.5 Å². The Labute approximate surface area is 192 Å². The van der Waals surface area contributed by atoms with Crippen LogP contribution < -0.4 is 5.32 Å². The van der Waals surface area contributed by atoms with Gasteiger partial charge in [-0.3, -0.25) is 9.78 Å². The van der Waals surface area contributed by atoms with Crippen molar-refractivity contribution < 1.29 is 4.79 Å². The molecule has 4 rings (SSSR count). The second-order valence-corrected chi connectivity index (χ2v) is 9.19. The summed E-state index contributed by atoms with van der Waals surface area (Å²) in [7, 11) is 0. The van der Waals surface area contributed by atoms with Gasteiger partial charge in [-0.2, -0.15) is 0 Å². The van der Waals surface area contributed by atoms with Crippen LogP contribution >= 0.6 is 0 Å². The number of nitrogens with one attached hydrogen (secondary N) is 1. The summed E-state index contributed by atoms with van der Waals surface area (Å²) in [6, 6.07) is 16.7. The second kappa shape index (κ2) is 11.2. The Morgan fingerprint density at radius 2 is 1.88 bits per heavy atom. The number of aromatic nitrogens is 1. The van der Waals surface area contributed by atoms with Crippen LogP contribution in [-0.4, -0.2) is 42.0 Å². The summed E-state index contributed by atoms with van der Waals surface area (Å²) in [6.07, 6.45) is 11.9. The first kappa shape index (κ1) is 22.5. The van der Waals surface area contributed by atoms with Gasteiger partial charge in [0.05, 0.1) is 5.69 Å². The van der Waals surface area contributed by atoms with Gasteiger partial charge >= 0.3 is 0 Å². The van der Waals surface area contributed by atoms with E-state index in [-0.39, 0.29) is 5.91 Å². The molecule has 2 aromatic rings. The van der Waals surface area contributed by atoms with Crippen molar-refractivity contribution in [3.05, 3.63) is 83.7 Å². The number of carbonyl (C=O) groups excluding carboxylic acids is 1. The van der Waals surface area contributed by atoms with Gasteiger partial charge in [0.2, 0.25) is 0 Å². The zero-order valence-corrected chi connectivity index (χ0v) is 19.2. The smallest absolute Gasteiger partial charge is 0.251 e. The van der Waals surface area contributed by atoms with Crippen molar-refractivity contribution in [1.82, 2.24) is 15.2 Å². The first-order chi connectivity index (χ1) is 15.7. The summed E-state index contributed by atoms with van der Waals surface area (Å²) in [5.41, 5.74) is 4.05. The monoisotopic (exact) mass is 429 g/mol. The Morgan fingerprint density at radius 1 is 1.09 bits per heavy atom. The number of benzene rings is 1. The van der Waals surface area contributed by atoms with Gasteiger partial charge in [0.15, 0.2) is 0 Å². The van der Waals surface area contributed by atoms with Gasteiger partial charge < -0.3 is 10.2 Å². The van der Waals surface area contributed by atoms with Crippen molar-refractivity contribution in [2.45, 2.75) is 39.0 Å². The summed E-state index contributed by atoms with van der Waals surface area (Å²) in [6.45, 7) is 6.06. The summed E-state index contributed by atoms with van der Waals surface area (Å²) in [5.74, 6) is 1.26. The number of pyridine rings is 1. The zero-order valence-electron chi connectivity index (χ0n) is 19.2. The third kappa shape index (κ3) is 6.17. The van der Waals surface area contributed by atoms with Crippen LogP contribution in [-0.2, 0) is 11.2 Å². The highest BCUT2D eigenvalue weighted by molar-refractivity contribution is 6.09. The van der Waals surface area contributed by atoms with Crippen LogP contribution in [0.3, 0.4) is 0 Å². The molecule has 1 amide bonds. The average molecular weight is 430 g/mol. The molecule has 1 saturated heterocycles. The van der Waals surface area contributed by atoms with Crippen molar-refractivity contribution in [2.24, 2.45) is 11.8 Å². The Morgan fingerprint density at radius 3 is 2.62 bits per heavy atom. The highest BCUT2D eigenvalue weighted by Crippen LogP contribution is 2.29. The van der Waals surface area contributed by atoms with Crippen molar-refractivity contribution >= 4 is 11.5 Å². The maximum Gasteiger partial charge on any atom is 0.251 e. The van der Waals surface area contributed by atoms with E-state index < -0.39 is 0 Å². The van der Waals surface area contributed by atoms with E-state index in [2.05, 4.69) is 64.6 Å². The van der Waals surface area contributed by atoms with Crippen molar-refractivity contribution in [1.29, 1.82) is 0 Å². The lowest BCUT2D eigenvalue weighted by Crippen LogP contribution is -2.40. The molecule has 0 saturated carbocycles. The Bertz CT molecular complexity index is 928. The summed E-state index contributed by atoms with van der Waals surface area (Å²) in [4.78, 5) is 19.9. The third-order valence-corrected chi connectivity index (χ3v) is 6.73. The van der Waals surface area contributed by atoms with E-state index in [9.17, 15) is 4.79 Å². The number of piperidine rings is 1. The predicted molar refractivity (Wildman–Crippen MR) is 131 cm³/mol. The van der Waals surface area contributed by atoms with E-state index in [0.717, 1.165) is 48.8 Å². The molecule has 2 heterocycles. The lowest BCUT2D eigenvalue weighted by Gasteiger charge is -2.32. The maximum absolute atomic E-state index is 12.9. The van der Waals surface area contributed by atoms with Crippen LogP contribution in [0, 0.1) is 11.8 Å². The minimum absolute atomic E-state index is 0.0200. The van der Waals surface area contributed by atoms with Crippen LogP contribution in [0.1, 0.15) is 43.9 Å². The largest absolute Gasteiger partial charge is 0.351 e. The molecule has 0 spiro atoms. The minimum atomic E-state index is 0.0200. The molecule has 32 heavy (non-hydrogen) atoms. The van der Waals surface area contributed by atoms with E-state index in [1.54, 1.807) is 6.20 Å². The molecule has 1 aromatic heterocycles. The molecule has 4 heteroatoms. The standard InChI is InChI=1S/C28H35N3O/c1-22-10-13-25(26(21-22)27-9-5-6-16-29-27)28(32)30-17-20-31-18-14-24(15-19-31)12-11-23-7-3-2-4-8-23/h2-9,13,16,21-22,24H,10-12,14-15,17-20H2,1H3,(H,30,32). The number of hydrogen-bond acceptors (Lipinski definition) is 3. The SMILES string of the molecule is CC1C=C(c2ccccn2)C(C(=O)NCCN2CCC(CCc3ccccc3)CC2)=CC1. The number of rotatable bonds is 8. The second-order valence-electron chi connectivity index (χ2n) is 9.19. The fourth-order valence-electron chi connectivity index (χ4n) is 4.75. The number of amides is 1. The highest BCUT2D eigenvalue weighted by Gasteiger charge is 2.22. The number of nitrogens with zero attached hydrogens (tertiary/aromatic N) is 2. The lowest BCUT2D eigenvalue weighted by atomic mass is 9.89. The van der Waals surface area contributed by atoms with Gasteiger partial charge in [-0.05, 0) is 74.7 Å². The molecule has 1 N–H and O–H groups in total. The zero-order chi connectivity index (χ0) is 22.2. The van der Waals surface area contributed by atoms with E-state index in [4.69, 9.17) is 0 Å². The Kier molecular flexibility index (Phi) is 7.89. The van der Waals surface area contributed by atoms with Gasteiger partial charge in [-0.25, -0.2) is 0 Å². The lowest BCUT2D eigenvalue weighted by molar-refractivity contribution is -0.117. The number of carbonyl (C=O) groups is 1. The van der Waals surface area contributed by atoms with Crippen LogP contribution in [0.25, 0.3) is 5.57 Å². The van der Waals surface area contributed by atoms with Crippen LogP contribution in [0.2, 0.25) is 0 Å². The average Bonchev–Trinajstić information content (AvgIpc) is 2.84. The summed E-state index contributed by atoms with van der Waals surface area (Å²) < 4.78 is 0. The molecular formula is C28H35N3O. The first-order valence-electron chi connectivity index (χ1n) is 12.1. The quantitative estimate of drug-likeness (QED) is 0.650. The fraction of sp³-hybridized carbons (Fsp3) is 0.429. The van der Waals surface area contributed by atoms with E-state index in [1.807, 2.05) is 18.2 Å². The molecule has 1 atom stereocenters. The first-order valence-corrected chi connectivity index (χ1v) is 12.1. The molecule has 1 aliphatic heterocycles. The Balaban J connectivity index is 1.20. The van der Waals surface area contributed by atoms with E-state index >= 15 is 0 Å². The third-order valence-electron chi connectivity index (χ3n) is 6.73. The Hall–Kier alpha value is -2.72. The molecule has 0 radical (unpaired) electrons. The molecule has 4 nitrogen and oxygen atoms in total. The summed E-state index contributed by atoms with van der Waals surface area (Å²) >= 11 is 0. The molecule has 1 aromatic carbocycles. The molecule has 1 unspecified atom stereocenters. The van der Waals surface area contributed by atoms with Gasteiger partial charge in [-0.1, -0.05) is 55.5 Å². The number of hydrogen-bond donors (Lipinski definition) is 1. The molecule has 2 aliphatic rings. The fourth-order valence-corrected chi connectivity index (χ4v) is 4.75. The van der Waals surface area contributed by atoms with Gasteiger partial charge in [0.1, 0.15) is 0 Å². The topological polar surface area (TPSA) is 45.2 Å². The van der Waals surface area contributed by atoms with Gasteiger partial charge in [-0.15, -0.1) is 0 Å². The highest BCUT2D eigenvalue weighted by atomic mass is 16.1. The van der Waals surface area contributed by atoms with Gasteiger partial charge in [0.25, 0.3) is 5.91 Å². The number of aryl methyl sites for hydroxylation is 1. The summed E-state index contributed by atoms with van der Waals surface area (Å²) in [5, 5.41) is 3.15. The number of likely N-dealkylation sites (tertiary alicyclic amines) is 1. The predicted octanol–water partition coefficient (Wildman–Crippen LogP) is 4.89. The van der Waals surface area contributed by atoms with Crippen molar-refractivity contribution in [2.75, 3.05) is 26.2 Å². The molecule has 168 valence electrons. The van der Waals surface area contributed by atoms with Crippen LogP contribution in [0.5, 0.6) is 0 Å². The van der Waals surface area contributed by atoms with Crippen LogP contribution in [0.15, 0.2) is 72.5 Å². The minimum Gasteiger partial charge on any atom is -0.351 e. The van der Waals surface area contributed by atoms with Crippen LogP contribution in [0.4, 0.5) is 0 Å².